The molecule has 1 atom stereocenters. The van der Waals surface area contributed by atoms with E-state index in [1.54, 1.807) is 4.90 Å². The lowest BCUT2D eigenvalue weighted by molar-refractivity contribution is -0.136. The number of benzene rings is 1. The monoisotopic (exact) mass is 370 g/mol. The minimum atomic E-state index is -0.561. The van der Waals surface area contributed by atoms with E-state index in [9.17, 15) is 14.4 Å². The molecular weight excluding hydrogens is 344 g/mol. The van der Waals surface area contributed by atoms with Gasteiger partial charge in [-0.25, -0.2) is 0 Å². The number of nitrogens with two attached hydrogens (primary N) is 1. The summed E-state index contributed by atoms with van der Waals surface area (Å²) in [5, 5.41) is 2.34. The van der Waals surface area contributed by atoms with Crippen molar-refractivity contribution in [3.63, 3.8) is 0 Å². The zero-order valence-corrected chi connectivity index (χ0v) is 15.4. The summed E-state index contributed by atoms with van der Waals surface area (Å²) in [5.74, 6) is 0.0362. The van der Waals surface area contributed by atoms with E-state index in [1.165, 1.54) is 12.8 Å². The molecule has 7 heteroatoms. The van der Waals surface area contributed by atoms with Crippen LogP contribution < -0.4 is 11.1 Å². The number of rotatable bonds is 7. The second-order valence-corrected chi connectivity index (χ2v) is 7.86. The Morgan fingerprint density at radius 3 is 2.70 bits per heavy atom. The van der Waals surface area contributed by atoms with Gasteiger partial charge < -0.3 is 10.6 Å². The smallest absolute Gasteiger partial charge is 0.255 e. The van der Waals surface area contributed by atoms with Gasteiger partial charge in [0.1, 0.15) is 6.04 Å². The maximum absolute atomic E-state index is 12.9. The van der Waals surface area contributed by atoms with Crippen LogP contribution in [0.1, 0.15) is 47.2 Å². The van der Waals surface area contributed by atoms with Crippen molar-refractivity contribution >= 4 is 17.7 Å². The lowest BCUT2D eigenvalue weighted by Gasteiger charge is -2.29. The number of imide groups is 1. The van der Waals surface area contributed by atoms with Crippen LogP contribution in [0.25, 0.3) is 0 Å². The maximum Gasteiger partial charge on any atom is 0.255 e. The Morgan fingerprint density at radius 2 is 2.00 bits per heavy atom. The van der Waals surface area contributed by atoms with Gasteiger partial charge in [0.05, 0.1) is 0 Å². The molecule has 4 rings (SSSR count). The predicted molar refractivity (Wildman–Crippen MR) is 99.5 cm³/mol. The quantitative estimate of drug-likeness (QED) is 0.686. The van der Waals surface area contributed by atoms with Crippen molar-refractivity contribution in [2.45, 2.75) is 44.8 Å². The summed E-state index contributed by atoms with van der Waals surface area (Å²) in [6.07, 6.45) is 3.26. The standard InChI is InChI=1S/C20H26N4O3/c21-7-8-23(10-13-1-2-13)11-14-3-4-15-12-24(20(27)16(15)9-14)17-5-6-18(25)22-19(17)26/h3-4,9,13,17H,1-2,5-8,10-12,21H2,(H,22,25,26). The molecule has 0 aromatic heterocycles. The summed E-state index contributed by atoms with van der Waals surface area (Å²) >= 11 is 0. The molecule has 2 heterocycles. The highest BCUT2D eigenvalue weighted by Crippen LogP contribution is 2.31. The molecule has 1 saturated carbocycles. The fourth-order valence-corrected chi connectivity index (χ4v) is 4.04. The van der Waals surface area contributed by atoms with Crippen molar-refractivity contribution in [2.75, 3.05) is 19.6 Å². The van der Waals surface area contributed by atoms with Crippen LogP contribution in [0.2, 0.25) is 0 Å². The number of carbonyl (C=O) groups is 3. The van der Waals surface area contributed by atoms with E-state index in [2.05, 4.69) is 16.3 Å². The van der Waals surface area contributed by atoms with Crippen molar-refractivity contribution in [1.29, 1.82) is 0 Å². The Hall–Kier alpha value is -2.25. The first kappa shape index (κ1) is 18.1. The van der Waals surface area contributed by atoms with Gasteiger partial charge in [0.2, 0.25) is 11.8 Å². The number of hydrogen-bond donors (Lipinski definition) is 2. The highest BCUT2D eigenvalue weighted by molar-refractivity contribution is 6.05. The number of hydrogen-bond acceptors (Lipinski definition) is 5. The predicted octanol–water partition coefficient (Wildman–Crippen LogP) is 0.618. The molecule has 1 unspecified atom stereocenters. The number of piperidine rings is 1. The van der Waals surface area contributed by atoms with Crippen molar-refractivity contribution in [1.82, 2.24) is 15.1 Å². The van der Waals surface area contributed by atoms with Crippen molar-refractivity contribution in [2.24, 2.45) is 11.7 Å². The second kappa shape index (κ2) is 7.40. The Bertz CT molecular complexity index is 774. The fourth-order valence-electron chi connectivity index (χ4n) is 4.04. The lowest BCUT2D eigenvalue weighted by Crippen LogP contribution is -2.52. The van der Waals surface area contributed by atoms with Crippen molar-refractivity contribution < 1.29 is 14.4 Å². The fraction of sp³-hybridized carbons (Fsp3) is 0.550. The van der Waals surface area contributed by atoms with Crippen LogP contribution in [-0.2, 0) is 22.7 Å². The van der Waals surface area contributed by atoms with Crippen LogP contribution in [0.5, 0.6) is 0 Å². The summed E-state index contributed by atoms with van der Waals surface area (Å²) in [6, 6.07) is 5.46. The average Bonchev–Trinajstić information content (AvgIpc) is 3.39. The summed E-state index contributed by atoms with van der Waals surface area (Å²) in [5.41, 5.74) is 8.47. The first-order valence-electron chi connectivity index (χ1n) is 9.74. The third-order valence-electron chi connectivity index (χ3n) is 5.66. The van der Waals surface area contributed by atoms with Gasteiger partial charge in [0.25, 0.3) is 5.91 Å². The molecule has 3 N–H and O–H groups in total. The number of carbonyl (C=O) groups excluding carboxylic acids is 3. The minimum absolute atomic E-state index is 0.117. The number of nitrogens with zero attached hydrogens (tertiary/aromatic N) is 2. The van der Waals surface area contributed by atoms with Gasteiger partial charge >= 0.3 is 0 Å². The normalized spacial score (nSPS) is 22.4. The summed E-state index contributed by atoms with van der Waals surface area (Å²) in [4.78, 5) is 40.4. The first-order valence-corrected chi connectivity index (χ1v) is 9.74. The zero-order valence-electron chi connectivity index (χ0n) is 15.4. The van der Waals surface area contributed by atoms with E-state index < -0.39 is 6.04 Å². The highest BCUT2D eigenvalue weighted by atomic mass is 16.2. The Labute approximate surface area is 158 Å². The molecule has 2 fully saturated rings. The van der Waals surface area contributed by atoms with Crippen LogP contribution in [0.4, 0.5) is 0 Å². The molecular formula is C20H26N4O3. The number of amides is 3. The summed E-state index contributed by atoms with van der Waals surface area (Å²) in [7, 11) is 0. The van der Waals surface area contributed by atoms with E-state index >= 15 is 0 Å². The molecule has 0 radical (unpaired) electrons. The molecule has 2 aliphatic heterocycles. The van der Waals surface area contributed by atoms with E-state index in [-0.39, 0.29) is 24.1 Å². The average molecular weight is 370 g/mol. The molecule has 7 nitrogen and oxygen atoms in total. The van der Waals surface area contributed by atoms with E-state index in [0.29, 0.717) is 25.1 Å². The van der Waals surface area contributed by atoms with E-state index in [0.717, 1.165) is 36.7 Å². The molecule has 3 amide bonds. The topological polar surface area (TPSA) is 95.7 Å². The molecule has 1 aromatic rings. The van der Waals surface area contributed by atoms with E-state index in [1.807, 2.05) is 12.1 Å². The Morgan fingerprint density at radius 1 is 1.19 bits per heavy atom. The summed E-state index contributed by atoms with van der Waals surface area (Å²) in [6.45, 7) is 3.75. The third kappa shape index (κ3) is 3.89. The largest absolute Gasteiger partial charge is 0.329 e. The molecule has 27 heavy (non-hydrogen) atoms. The van der Waals surface area contributed by atoms with Gasteiger partial charge in [-0.1, -0.05) is 12.1 Å². The SMILES string of the molecule is NCCN(Cc1ccc2c(c1)C(=O)N(C1CCC(=O)NC1=O)C2)CC1CC1. The minimum Gasteiger partial charge on any atom is -0.329 e. The third-order valence-corrected chi connectivity index (χ3v) is 5.66. The number of nitrogens with one attached hydrogen (secondary N) is 1. The molecule has 0 bridgehead atoms. The molecule has 3 aliphatic rings. The number of fused-ring (bicyclic) bond motifs is 1. The highest BCUT2D eigenvalue weighted by Gasteiger charge is 2.39. The molecule has 144 valence electrons. The van der Waals surface area contributed by atoms with Gasteiger partial charge in [-0.05, 0) is 42.4 Å². The molecule has 1 saturated heterocycles. The van der Waals surface area contributed by atoms with E-state index in [4.69, 9.17) is 5.73 Å². The summed E-state index contributed by atoms with van der Waals surface area (Å²) < 4.78 is 0. The zero-order chi connectivity index (χ0) is 19.0. The van der Waals surface area contributed by atoms with Crippen LogP contribution in [-0.4, -0.2) is 53.2 Å². The van der Waals surface area contributed by atoms with Crippen molar-refractivity contribution in [3.8, 4) is 0 Å². The van der Waals surface area contributed by atoms with Gasteiger partial charge in [0.15, 0.2) is 0 Å². The van der Waals surface area contributed by atoms with Gasteiger partial charge in [-0.3, -0.25) is 24.6 Å². The maximum atomic E-state index is 12.9. The van der Waals surface area contributed by atoms with Crippen LogP contribution in [0, 0.1) is 5.92 Å². The molecule has 1 aliphatic carbocycles. The first-order chi connectivity index (χ1) is 13.0. The van der Waals surface area contributed by atoms with Gasteiger partial charge in [0, 0.05) is 44.7 Å². The molecule has 0 spiro atoms. The van der Waals surface area contributed by atoms with Crippen LogP contribution in [0.15, 0.2) is 18.2 Å². The van der Waals surface area contributed by atoms with Crippen LogP contribution in [0.3, 0.4) is 0 Å². The lowest BCUT2D eigenvalue weighted by atomic mass is 10.0. The molecule has 1 aromatic carbocycles. The Balaban J connectivity index is 1.47. The van der Waals surface area contributed by atoms with Crippen molar-refractivity contribution in [3.05, 3.63) is 34.9 Å². The second-order valence-electron chi connectivity index (χ2n) is 7.86. The Kier molecular flexibility index (Phi) is 4.97. The van der Waals surface area contributed by atoms with Crippen LogP contribution >= 0.6 is 0 Å². The van der Waals surface area contributed by atoms with Gasteiger partial charge in [-0.15, -0.1) is 0 Å². The van der Waals surface area contributed by atoms with Gasteiger partial charge in [-0.2, -0.15) is 0 Å².